The Bertz CT molecular complexity index is 706. The zero-order valence-electron chi connectivity index (χ0n) is 21.7. The molecule has 0 fully saturated rings. The number of benzene rings is 1. The maximum absolute atomic E-state index is 11.2. The Labute approximate surface area is 189 Å². The molecule has 0 atom stereocenters. The van der Waals surface area contributed by atoms with Gasteiger partial charge in [-0.05, 0) is 39.3 Å². The predicted molar refractivity (Wildman–Crippen MR) is 131 cm³/mol. The van der Waals surface area contributed by atoms with E-state index in [1.165, 1.54) is 30.6 Å². The Kier molecular flexibility index (Phi) is 20.7. The van der Waals surface area contributed by atoms with Crippen LogP contribution in [0, 0.1) is 6.92 Å². The van der Waals surface area contributed by atoms with Crippen molar-refractivity contribution in [3.8, 4) is 0 Å². The molecule has 1 aromatic carbocycles. The standard InChI is InChI=1S/C9H18N2O4.C9H9N.3C2H6/c1-9(2,3)15-8(13)10-6-7(12)11(4)14-5;1-7-6-10-9-5-3-2-4-8(7)9;3*1-2/h6H2,1-5H3,(H,10,13);2-6,10H,1H3;3*1-2H3. The largest absolute Gasteiger partial charge is 0.444 e. The SMILES string of the molecule is CC.CC.CC.CON(C)C(=O)CNC(=O)OC(C)(C)C.Cc1c[nH]c2ccccc12. The van der Waals surface area contributed by atoms with E-state index in [1.54, 1.807) is 20.8 Å². The highest BCUT2D eigenvalue weighted by atomic mass is 16.7. The Morgan fingerprint density at radius 1 is 1.03 bits per heavy atom. The number of nitrogens with one attached hydrogen (secondary N) is 2. The second-order valence-corrected chi connectivity index (χ2v) is 6.45. The molecule has 7 heteroatoms. The highest BCUT2D eigenvalue weighted by Gasteiger charge is 2.17. The van der Waals surface area contributed by atoms with Crippen LogP contribution in [0.3, 0.4) is 0 Å². The number of H-pyrrole nitrogens is 1. The van der Waals surface area contributed by atoms with E-state index in [9.17, 15) is 9.59 Å². The molecule has 1 heterocycles. The van der Waals surface area contributed by atoms with Crippen LogP contribution in [0.2, 0.25) is 0 Å². The number of hydroxylamine groups is 2. The number of aryl methyl sites for hydroxylation is 1. The average molecular weight is 440 g/mol. The van der Waals surface area contributed by atoms with Gasteiger partial charge < -0.3 is 15.0 Å². The molecule has 7 nitrogen and oxygen atoms in total. The first-order valence-electron chi connectivity index (χ1n) is 10.9. The third-order valence-corrected chi connectivity index (χ3v) is 3.20. The second-order valence-electron chi connectivity index (χ2n) is 6.45. The van der Waals surface area contributed by atoms with Gasteiger partial charge in [-0.2, -0.15) is 0 Å². The van der Waals surface area contributed by atoms with Crippen LogP contribution in [0.25, 0.3) is 10.9 Å². The summed E-state index contributed by atoms with van der Waals surface area (Å²) in [6, 6.07) is 8.31. The van der Waals surface area contributed by atoms with Gasteiger partial charge in [0.15, 0.2) is 0 Å². The monoisotopic (exact) mass is 439 g/mol. The summed E-state index contributed by atoms with van der Waals surface area (Å²) in [5.74, 6) is -0.358. The van der Waals surface area contributed by atoms with Crippen LogP contribution >= 0.6 is 0 Å². The number of carbonyl (C=O) groups excluding carboxylic acids is 2. The molecule has 0 saturated carbocycles. The number of aromatic amines is 1. The molecule has 1 aromatic heterocycles. The number of ether oxygens (including phenoxy) is 1. The van der Waals surface area contributed by atoms with Crippen molar-refractivity contribution in [3.05, 3.63) is 36.0 Å². The number of nitrogens with zero attached hydrogens (tertiary/aromatic N) is 1. The van der Waals surface area contributed by atoms with Crippen LogP contribution in [0.5, 0.6) is 0 Å². The smallest absolute Gasteiger partial charge is 0.408 e. The number of hydrogen-bond donors (Lipinski definition) is 2. The van der Waals surface area contributed by atoms with Crippen molar-refractivity contribution in [2.24, 2.45) is 0 Å². The van der Waals surface area contributed by atoms with Crippen LogP contribution in [0.1, 0.15) is 67.9 Å². The third-order valence-electron chi connectivity index (χ3n) is 3.20. The lowest BCUT2D eigenvalue weighted by Crippen LogP contribution is -2.40. The van der Waals surface area contributed by atoms with E-state index in [2.05, 4.69) is 40.3 Å². The minimum atomic E-state index is -0.625. The van der Waals surface area contributed by atoms with Gasteiger partial charge in [-0.15, -0.1) is 0 Å². The molecular weight excluding hydrogens is 394 g/mol. The van der Waals surface area contributed by atoms with E-state index in [4.69, 9.17) is 4.74 Å². The summed E-state index contributed by atoms with van der Waals surface area (Å²) in [7, 11) is 2.82. The number of aromatic nitrogens is 1. The van der Waals surface area contributed by atoms with Crippen molar-refractivity contribution in [2.75, 3.05) is 20.7 Å². The van der Waals surface area contributed by atoms with Gasteiger partial charge in [0.1, 0.15) is 12.1 Å². The number of rotatable bonds is 3. The Morgan fingerprint density at radius 2 is 1.55 bits per heavy atom. The summed E-state index contributed by atoms with van der Waals surface area (Å²) < 4.78 is 4.94. The normalized spacial score (nSPS) is 9.16. The second kappa shape index (κ2) is 19.4. The Hall–Kier alpha value is -2.54. The highest BCUT2D eigenvalue weighted by Crippen LogP contribution is 2.15. The van der Waals surface area contributed by atoms with E-state index >= 15 is 0 Å². The third kappa shape index (κ3) is 15.9. The lowest BCUT2D eigenvalue weighted by molar-refractivity contribution is -0.167. The van der Waals surface area contributed by atoms with Crippen LogP contribution in [-0.4, -0.2) is 48.4 Å². The first kappa shape index (κ1) is 33.1. The van der Waals surface area contributed by atoms with Gasteiger partial charge in [0.05, 0.1) is 7.11 Å². The molecule has 0 aliphatic carbocycles. The van der Waals surface area contributed by atoms with E-state index in [0.717, 1.165) is 5.06 Å². The van der Waals surface area contributed by atoms with Gasteiger partial charge in [-0.3, -0.25) is 9.63 Å². The molecule has 0 bridgehead atoms. The minimum Gasteiger partial charge on any atom is -0.444 e. The first-order valence-corrected chi connectivity index (χ1v) is 10.9. The number of alkyl carbamates (subject to hydrolysis) is 1. The predicted octanol–water partition coefficient (Wildman–Crippen LogP) is 6.09. The van der Waals surface area contributed by atoms with Crippen molar-refractivity contribution in [1.82, 2.24) is 15.4 Å². The summed E-state index contributed by atoms with van der Waals surface area (Å²) in [4.78, 5) is 30.1. The molecule has 31 heavy (non-hydrogen) atoms. The molecule has 2 aromatic rings. The fourth-order valence-electron chi connectivity index (χ4n) is 1.89. The van der Waals surface area contributed by atoms with E-state index in [0.29, 0.717) is 0 Å². The molecule has 0 spiro atoms. The van der Waals surface area contributed by atoms with Crippen LogP contribution in [0.4, 0.5) is 4.79 Å². The maximum Gasteiger partial charge on any atom is 0.408 e. The molecule has 2 amide bonds. The van der Waals surface area contributed by atoms with Crippen molar-refractivity contribution < 1.29 is 19.2 Å². The Balaban J connectivity index is -0.000000421. The molecule has 0 aliphatic rings. The summed E-state index contributed by atoms with van der Waals surface area (Å²) in [6.45, 7) is 19.2. The molecule has 2 N–H and O–H groups in total. The zero-order chi connectivity index (χ0) is 25.0. The van der Waals surface area contributed by atoms with Crippen molar-refractivity contribution in [2.45, 2.75) is 74.8 Å². The number of likely N-dealkylation sites (N-methyl/N-ethyl adjacent to an activating group) is 1. The Morgan fingerprint density at radius 3 is 2.00 bits per heavy atom. The van der Waals surface area contributed by atoms with Gasteiger partial charge in [0.25, 0.3) is 5.91 Å². The van der Waals surface area contributed by atoms with Gasteiger partial charge in [0.2, 0.25) is 0 Å². The van der Waals surface area contributed by atoms with Crippen LogP contribution in [-0.2, 0) is 14.4 Å². The molecule has 0 radical (unpaired) electrons. The molecule has 2 rings (SSSR count). The topological polar surface area (TPSA) is 83.7 Å². The van der Waals surface area contributed by atoms with E-state index in [1.807, 2.05) is 53.8 Å². The fourth-order valence-corrected chi connectivity index (χ4v) is 1.89. The van der Waals surface area contributed by atoms with Crippen LogP contribution in [0.15, 0.2) is 30.5 Å². The summed E-state index contributed by atoms with van der Waals surface area (Å²) >= 11 is 0. The molecular formula is C24H45N3O4. The number of para-hydroxylation sites is 1. The number of amides is 2. The average Bonchev–Trinajstić information content (AvgIpc) is 3.16. The fraction of sp³-hybridized carbons (Fsp3) is 0.583. The number of fused-ring (bicyclic) bond motifs is 1. The van der Waals surface area contributed by atoms with Gasteiger partial charge in [-0.25, -0.2) is 9.86 Å². The highest BCUT2D eigenvalue weighted by molar-refractivity contribution is 5.82. The molecule has 0 aliphatic heterocycles. The number of hydrogen-bond acceptors (Lipinski definition) is 4. The quantitative estimate of drug-likeness (QED) is 0.567. The summed E-state index contributed by atoms with van der Waals surface area (Å²) in [6.07, 6.45) is 1.41. The van der Waals surface area contributed by atoms with Gasteiger partial charge in [-0.1, -0.05) is 59.7 Å². The van der Waals surface area contributed by atoms with Crippen LogP contribution < -0.4 is 5.32 Å². The lowest BCUT2D eigenvalue weighted by Gasteiger charge is -2.20. The molecule has 180 valence electrons. The summed E-state index contributed by atoms with van der Waals surface area (Å²) in [5.41, 5.74) is 1.97. The maximum atomic E-state index is 11.2. The zero-order valence-corrected chi connectivity index (χ0v) is 21.7. The van der Waals surface area contributed by atoms with E-state index in [-0.39, 0.29) is 12.5 Å². The summed E-state index contributed by atoms with van der Waals surface area (Å²) in [5, 5.41) is 4.67. The van der Waals surface area contributed by atoms with Crippen molar-refractivity contribution in [1.29, 1.82) is 0 Å². The van der Waals surface area contributed by atoms with Gasteiger partial charge in [0, 0.05) is 24.1 Å². The van der Waals surface area contributed by atoms with Gasteiger partial charge >= 0.3 is 6.09 Å². The lowest BCUT2D eigenvalue weighted by atomic mass is 10.2. The van der Waals surface area contributed by atoms with Crippen molar-refractivity contribution >= 4 is 22.9 Å². The number of carbonyl (C=O) groups is 2. The molecule has 0 saturated heterocycles. The van der Waals surface area contributed by atoms with E-state index < -0.39 is 11.7 Å². The minimum absolute atomic E-state index is 0.154. The first-order chi connectivity index (χ1) is 14.6. The molecule has 0 unspecified atom stereocenters. The van der Waals surface area contributed by atoms with Crippen molar-refractivity contribution in [3.63, 3.8) is 0 Å².